The molecule has 0 bridgehead atoms. The van der Waals surface area contributed by atoms with E-state index < -0.39 is 5.72 Å². The lowest BCUT2D eigenvalue weighted by atomic mass is 9.92. The number of rotatable bonds is 4. The number of nitrogens with one attached hydrogen (secondary N) is 1. The zero-order valence-electron chi connectivity index (χ0n) is 13.6. The van der Waals surface area contributed by atoms with Crippen LogP contribution in [0.3, 0.4) is 0 Å². The van der Waals surface area contributed by atoms with Crippen LogP contribution >= 0.6 is 0 Å². The van der Waals surface area contributed by atoms with Crippen molar-refractivity contribution in [3.63, 3.8) is 0 Å². The van der Waals surface area contributed by atoms with E-state index in [0.717, 1.165) is 18.4 Å². The van der Waals surface area contributed by atoms with Gasteiger partial charge in [0.15, 0.2) is 0 Å². The van der Waals surface area contributed by atoms with E-state index in [9.17, 15) is 5.11 Å². The van der Waals surface area contributed by atoms with Crippen molar-refractivity contribution in [2.24, 2.45) is 4.99 Å². The van der Waals surface area contributed by atoms with Gasteiger partial charge in [-0.1, -0.05) is 56.2 Å². The molecule has 2 aliphatic rings. The van der Waals surface area contributed by atoms with Crippen LogP contribution in [0.4, 0.5) is 0 Å². The highest BCUT2D eigenvalue weighted by Gasteiger charge is 2.39. The molecule has 1 atom stereocenters. The third-order valence-corrected chi connectivity index (χ3v) is 4.40. The van der Waals surface area contributed by atoms with Gasteiger partial charge in [0.25, 0.3) is 0 Å². The number of aliphatic hydroxyl groups is 1. The van der Waals surface area contributed by atoms with Crippen molar-refractivity contribution in [3.8, 4) is 0 Å². The minimum absolute atomic E-state index is 0.0404. The number of ether oxygens (including phenoxy) is 1. The zero-order valence-corrected chi connectivity index (χ0v) is 13.6. The van der Waals surface area contributed by atoms with Crippen LogP contribution < -0.4 is 5.32 Å². The Bertz CT molecular complexity index is 630. The van der Waals surface area contributed by atoms with E-state index in [1.165, 1.54) is 19.3 Å². The summed E-state index contributed by atoms with van der Waals surface area (Å²) in [5.74, 6) is 0.332. The fourth-order valence-electron chi connectivity index (χ4n) is 3.24. The van der Waals surface area contributed by atoms with Crippen LogP contribution in [0.15, 0.2) is 59.4 Å². The van der Waals surface area contributed by atoms with Crippen molar-refractivity contribution >= 4 is 5.90 Å². The molecule has 1 saturated carbocycles. The van der Waals surface area contributed by atoms with Crippen molar-refractivity contribution in [2.45, 2.75) is 50.8 Å². The number of benzene rings is 1. The highest BCUT2D eigenvalue weighted by Crippen LogP contribution is 2.33. The maximum atomic E-state index is 10.2. The molecule has 1 aromatic rings. The zero-order chi connectivity index (χ0) is 16.3. The summed E-state index contributed by atoms with van der Waals surface area (Å²) in [5, 5.41) is 13.8. The van der Waals surface area contributed by atoms with E-state index in [-0.39, 0.29) is 5.88 Å². The van der Waals surface area contributed by atoms with E-state index in [0.29, 0.717) is 17.5 Å². The van der Waals surface area contributed by atoms with E-state index in [4.69, 9.17) is 4.74 Å². The molecule has 4 heteroatoms. The fraction of sp³-hybridized carbons (Fsp3) is 0.421. The SMILES string of the molecule is C=C(C)C1=NC(O)=CC(NC2CCCCC2)(c2ccccc2)O1. The van der Waals surface area contributed by atoms with Gasteiger partial charge in [-0.2, -0.15) is 4.99 Å². The topological polar surface area (TPSA) is 53.9 Å². The van der Waals surface area contributed by atoms with E-state index >= 15 is 0 Å². The highest BCUT2D eigenvalue weighted by molar-refractivity contribution is 5.93. The molecule has 0 saturated heterocycles. The van der Waals surface area contributed by atoms with Crippen LogP contribution in [0.5, 0.6) is 0 Å². The van der Waals surface area contributed by atoms with Gasteiger partial charge in [0.05, 0.1) is 0 Å². The Labute approximate surface area is 137 Å². The van der Waals surface area contributed by atoms with Crippen molar-refractivity contribution in [1.29, 1.82) is 0 Å². The molecule has 0 amide bonds. The fourth-order valence-corrected chi connectivity index (χ4v) is 3.24. The number of aliphatic imine (C=N–C) groups is 1. The van der Waals surface area contributed by atoms with Crippen molar-refractivity contribution in [3.05, 3.63) is 60.0 Å². The van der Waals surface area contributed by atoms with Crippen LogP contribution in [0.1, 0.15) is 44.6 Å². The van der Waals surface area contributed by atoms with Crippen LogP contribution in [-0.4, -0.2) is 17.0 Å². The van der Waals surface area contributed by atoms with Crippen LogP contribution in [0, 0.1) is 0 Å². The van der Waals surface area contributed by atoms with Gasteiger partial charge in [0.2, 0.25) is 17.5 Å². The first-order valence-electron chi connectivity index (χ1n) is 8.28. The quantitative estimate of drug-likeness (QED) is 0.877. The first-order valence-corrected chi connectivity index (χ1v) is 8.28. The first-order chi connectivity index (χ1) is 11.1. The van der Waals surface area contributed by atoms with Gasteiger partial charge in [-0.15, -0.1) is 0 Å². The number of hydrogen-bond donors (Lipinski definition) is 2. The lowest BCUT2D eigenvalue weighted by Gasteiger charge is -2.39. The van der Waals surface area contributed by atoms with E-state index in [1.807, 2.05) is 37.3 Å². The maximum absolute atomic E-state index is 10.2. The first kappa shape index (κ1) is 15.8. The molecular weight excluding hydrogens is 288 g/mol. The molecule has 122 valence electrons. The summed E-state index contributed by atoms with van der Waals surface area (Å²) in [6.07, 6.45) is 7.62. The molecule has 1 aliphatic carbocycles. The summed E-state index contributed by atoms with van der Waals surface area (Å²) < 4.78 is 6.20. The highest BCUT2D eigenvalue weighted by atomic mass is 16.5. The Morgan fingerprint density at radius 2 is 1.96 bits per heavy atom. The van der Waals surface area contributed by atoms with Crippen LogP contribution in [0.2, 0.25) is 0 Å². The van der Waals surface area contributed by atoms with Gasteiger partial charge in [-0.05, 0) is 19.8 Å². The molecule has 0 spiro atoms. The molecular formula is C19H24N2O2. The molecule has 1 heterocycles. The molecule has 2 N–H and O–H groups in total. The second-order valence-electron chi connectivity index (χ2n) is 6.38. The molecule has 23 heavy (non-hydrogen) atoms. The summed E-state index contributed by atoms with van der Waals surface area (Å²) in [6.45, 7) is 5.72. The monoisotopic (exact) mass is 312 g/mol. The molecule has 4 nitrogen and oxygen atoms in total. The number of hydrogen-bond acceptors (Lipinski definition) is 4. The Morgan fingerprint density at radius 3 is 2.61 bits per heavy atom. The molecule has 0 radical (unpaired) electrons. The summed E-state index contributed by atoms with van der Waals surface area (Å²) >= 11 is 0. The molecule has 0 aromatic heterocycles. The van der Waals surface area contributed by atoms with E-state index in [1.54, 1.807) is 6.08 Å². The second-order valence-corrected chi connectivity index (χ2v) is 6.38. The Hall–Kier alpha value is -2.07. The molecule has 1 fully saturated rings. The average Bonchev–Trinajstić information content (AvgIpc) is 2.56. The molecule has 3 rings (SSSR count). The largest absolute Gasteiger partial charge is 0.493 e. The minimum atomic E-state index is -0.899. The van der Waals surface area contributed by atoms with Gasteiger partial charge in [-0.3, -0.25) is 5.32 Å². The summed E-state index contributed by atoms with van der Waals surface area (Å²) in [4.78, 5) is 4.07. The molecule has 1 aromatic carbocycles. The Kier molecular flexibility index (Phi) is 4.53. The Morgan fingerprint density at radius 1 is 1.26 bits per heavy atom. The normalized spacial score (nSPS) is 25.3. The van der Waals surface area contributed by atoms with Gasteiger partial charge < -0.3 is 9.84 Å². The van der Waals surface area contributed by atoms with Crippen molar-refractivity contribution in [1.82, 2.24) is 5.32 Å². The number of aliphatic hydroxyl groups excluding tert-OH is 1. The summed E-state index contributed by atoms with van der Waals surface area (Å²) in [7, 11) is 0. The van der Waals surface area contributed by atoms with Gasteiger partial charge in [-0.25, -0.2) is 0 Å². The Balaban J connectivity index is 1.97. The third kappa shape index (κ3) is 3.48. The lowest BCUT2D eigenvalue weighted by Crippen LogP contribution is -2.51. The maximum Gasteiger partial charge on any atom is 0.221 e. The lowest BCUT2D eigenvalue weighted by molar-refractivity contribution is 0.0375. The van der Waals surface area contributed by atoms with Gasteiger partial charge >= 0.3 is 0 Å². The summed E-state index contributed by atoms with van der Waals surface area (Å²) in [5.41, 5.74) is 0.741. The molecule has 1 unspecified atom stereocenters. The minimum Gasteiger partial charge on any atom is -0.493 e. The average molecular weight is 312 g/mol. The van der Waals surface area contributed by atoms with Gasteiger partial charge in [0.1, 0.15) is 0 Å². The van der Waals surface area contributed by atoms with E-state index in [2.05, 4.69) is 16.9 Å². The predicted octanol–water partition coefficient (Wildman–Crippen LogP) is 4.17. The van der Waals surface area contributed by atoms with Gasteiger partial charge in [0, 0.05) is 23.3 Å². The standard InChI is InChI=1S/C19H24N2O2/c1-14(2)18-20-17(22)13-19(23-18,15-9-5-3-6-10-15)21-16-11-7-4-8-12-16/h3,5-6,9-10,13,16,21-22H,1,4,7-8,11-12H2,2H3. The number of nitrogens with zero attached hydrogens (tertiary/aromatic N) is 1. The molecule has 1 aliphatic heterocycles. The van der Waals surface area contributed by atoms with Crippen LogP contribution in [-0.2, 0) is 10.5 Å². The van der Waals surface area contributed by atoms with Crippen molar-refractivity contribution in [2.75, 3.05) is 0 Å². The summed E-state index contributed by atoms with van der Waals surface area (Å²) in [6, 6.07) is 10.3. The second kappa shape index (κ2) is 6.59. The van der Waals surface area contributed by atoms with Crippen molar-refractivity contribution < 1.29 is 9.84 Å². The third-order valence-electron chi connectivity index (χ3n) is 4.40. The predicted molar refractivity (Wildman–Crippen MR) is 92.2 cm³/mol. The van der Waals surface area contributed by atoms with Crippen LogP contribution in [0.25, 0.3) is 0 Å². The smallest absolute Gasteiger partial charge is 0.221 e.